The quantitative estimate of drug-likeness (QED) is 0.407. The van der Waals surface area contributed by atoms with Crippen molar-refractivity contribution < 1.29 is 4.79 Å². The highest BCUT2D eigenvalue weighted by Crippen LogP contribution is 2.13. The van der Waals surface area contributed by atoms with Crippen molar-refractivity contribution in [2.75, 3.05) is 5.73 Å². The van der Waals surface area contributed by atoms with Crippen LogP contribution in [0, 0.1) is 23.2 Å². The summed E-state index contributed by atoms with van der Waals surface area (Å²) < 4.78 is 0. The van der Waals surface area contributed by atoms with Crippen LogP contribution < -0.4 is 5.73 Å². The number of hydrogen-bond donors (Lipinski definition) is 1. The molecule has 1 aromatic carbocycles. The molecule has 0 aromatic heterocycles. The summed E-state index contributed by atoms with van der Waals surface area (Å²) in [6.07, 6.45) is 0. The molecule has 0 saturated carbocycles. The van der Waals surface area contributed by atoms with Gasteiger partial charge in [0.25, 0.3) is 0 Å². The van der Waals surface area contributed by atoms with Crippen molar-refractivity contribution in [1.82, 2.24) is 0 Å². The Hall–Kier alpha value is -2.26. The van der Waals surface area contributed by atoms with Crippen molar-refractivity contribution in [3.05, 3.63) is 29.3 Å². The molecule has 0 radical (unpaired) electrons. The molecule has 14 heavy (non-hydrogen) atoms. The molecule has 0 bridgehead atoms. The fourth-order valence-electron chi connectivity index (χ4n) is 1.04. The van der Waals surface area contributed by atoms with Crippen molar-refractivity contribution >= 4 is 11.5 Å². The molecule has 0 fully saturated rings. The minimum Gasteiger partial charge on any atom is -0.398 e. The lowest BCUT2D eigenvalue weighted by Gasteiger charge is -2.01. The first kappa shape index (κ1) is 9.83. The average Bonchev–Trinajstić information content (AvgIpc) is 2.16. The monoisotopic (exact) mass is 184 g/mol. The maximum Gasteiger partial charge on any atom is 0.161 e. The van der Waals surface area contributed by atoms with Gasteiger partial charge >= 0.3 is 0 Å². The van der Waals surface area contributed by atoms with Crippen molar-refractivity contribution in [3.8, 4) is 17.9 Å². The first-order valence-corrected chi connectivity index (χ1v) is 3.95. The zero-order chi connectivity index (χ0) is 10.6. The van der Waals surface area contributed by atoms with E-state index in [0.29, 0.717) is 16.8 Å². The van der Waals surface area contributed by atoms with E-state index in [2.05, 4.69) is 11.8 Å². The molecule has 0 aliphatic rings. The van der Waals surface area contributed by atoms with Gasteiger partial charge in [0.1, 0.15) is 0 Å². The lowest BCUT2D eigenvalue weighted by Crippen LogP contribution is -1.99. The number of carbonyl (C=O) groups excluding carboxylic acids is 1. The number of Topliss-reactive ketones (excluding diaryl/α,β-unsaturated/α-hetero) is 1. The predicted molar refractivity (Wildman–Crippen MR) is 53.3 cm³/mol. The molecule has 0 unspecified atom stereocenters. The van der Waals surface area contributed by atoms with Crippen LogP contribution in [0.25, 0.3) is 0 Å². The molecule has 1 rings (SSSR count). The van der Waals surface area contributed by atoms with Gasteiger partial charge in [-0.25, -0.2) is 0 Å². The van der Waals surface area contributed by atoms with Gasteiger partial charge in [0.15, 0.2) is 11.9 Å². The number of anilines is 1. The van der Waals surface area contributed by atoms with Gasteiger partial charge in [0, 0.05) is 22.7 Å². The Labute approximate surface area is 82.1 Å². The van der Waals surface area contributed by atoms with Crippen LogP contribution in [0.15, 0.2) is 18.2 Å². The van der Waals surface area contributed by atoms with E-state index >= 15 is 0 Å². The molecule has 0 aliphatic heterocycles. The molecule has 1 aromatic rings. The molecule has 3 nitrogen and oxygen atoms in total. The number of benzene rings is 1. The topological polar surface area (TPSA) is 66.9 Å². The summed E-state index contributed by atoms with van der Waals surface area (Å²) in [5, 5.41) is 8.25. The Morgan fingerprint density at radius 3 is 2.79 bits per heavy atom. The van der Waals surface area contributed by atoms with Gasteiger partial charge in [0.2, 0.25) is 0 Å². The number of rotatable bonds is 1. The molecule has 68 valence electrons. The van der Waals surface area contributed by atoms with Crippen LogP contribution in [0.1, 0.15) is 22.8 Å². The lowest BCUT2D eigenvalue weighted by atomic mass is 10.1. The van der Waals surface area contributed by atoms with Crippen molar-refractivity contribution in [2.45, 2.75) is 6.92 Å². The first-order valence-electron chi connectivity index (χ1n) is 3.95. The Kier molecular flexibility index (Phi) is 2.89. The van der Waals surface area contributed by atoms with Gasteiger partial charge < -0.3 is 5.73 Å². The van der Waals surface area contributed by atoms with E-state index in [0.717, 1.165) is 0 Å². The molecule has 0 atom stereocenters. The smallest absolute Gasteiger partial charge is 0.161 e. The molecule has 2 N–H and O–H groups in total. The average molecular weight is 184 g/mol. The second-order valence-electron chi connectivity index (χ2n) is 2.72. The minimum absolute atomic E-state index is 0.108. The van der Waals surface area contributed by atoms with Crippen LogP contribution in [0.3, 0.4) is 0 Å². The van der Waals surface area contributed by atoms with E-state index in [9.17, 15) is 4.79 Å². The standard InChI is InChI=1S/C11H8N2O/c1-8(14)10-7-9(3-2-6-12)4-5-11(10)13/h4-5,7H,13H2,1H3. The van der Waals surface area contributed by atoms with Gasteiger partial charge in [-0.15, -0.1) is 0 Å². The summed E-state index contributed by atoms with van der Waals surface area (Å²) in [5.41, 5.74) is 7.07. The van der Waals surface area contributed by atoms with Crippen LogP contribution in [0.2, 0.25) is 0 Å². The summed E-state index contributed by atoms with van der Waals surface area (Å²) in [4.78, 5) is 11.1. The van der Waals surface area contributed by atoms with Gasteiger partial charge in [-0.1, -0.05) is 5.92 Å². The third-order valence-electron chi connectivity index (χ3n) is 1.70. The highest BCUT2D eigenvalue weighted by atomic mass is 16.1. The summed E-state index contributed by atoms with van der Waals surface area (Å²) in [6.45, 7) is 1.44. The van der Waals surface area contributed by atoms with E-state index in [1.165, 1.54) is 6.92 Å². The molecule has 0 heterocycles. The third-order valence-corrected chi connectivity index (χ3v) is 1.70. The van der Waals surface area contributed by atoms with Crippen LogP contribution in [-0.2, 0) is 0 Å². The number of hydrogen-bond acceptors (Lipinski definition) is 3. The lowest BCUT2D eigenvalue weighted by molar-refractivity contribution is 0.101. The molecule has 0 saturated heterocycles. The highest BCUT2D eigenvalue weighted by Gasteiger charge is 2.04. The fraction of sp³-hybridized carbons (Fsp3) is 0.0909. The van der Waals surface area contributed by atoms with Crippen molar-refractivity contribution in [2.24, 2.45) is 0 Å². The number of nitriles is 1. The van der Waals surface area contributed by atoms with Gasteiger partial charge in [-0.05, 0) is 25.1 Å². The van der Waals surface area contributed by atoms with Crippen LogP contribution >= 0.6 is 0 Å². The van der Waals surface area contributed by atoms with Crippen molar-refractivity contribution in [3.63, 3.8) is 0 Å². The Balaban J connectivity index is 3.21. The summed E-state index contributed by atoms with van der Waals surface area (Å²) in [7, 11) is 0. The van der Waals surface area contributed by atoms with E-state index in [1.807, 2.05) is 0 Å². The Morgan fingerprint density at radius 2 is 2.21 bits per heavy atom. The number of carbonyl (C=O) groups is 1. The molecule has 0 spiro atoms. The zero-order valence-electron chi connectivity index (χ0n) is 7.66. The largest absolute Gasteiger partial charge is 0.398 e. The van der Waals surface area contributed by atoms with Crippen LogP contribution in [0.4, 0.5) is 5.69 Å². The molecule has 0 aliphatic carbocycles. The second-order valence-corrected chi connectivity index (χ2v) is 2.72. The van der Waals surface area contributed by atoms with Gasteiger partial charge in [0.05, 0.1) is 0 Å². The van der Waals surface area contributed by atoms with E-state index in [-0.39, 0.29) is 5.78 Å². The molecular formula is C11H8N2O. The highest BCUT2D eigenvalue weighted by molar-refractivity contribution is 5.99. The van der Waals surface area contributed by atoms with E-state index in [1.54, 1.807) is 24.3 Å². The fourth-order valence-corrected chi connectivity index (χ4v) is 1.04. The van der Waals surface area contributed by atoms with Gasteiger partial charge in [-0.3, -0.25) is 4.79 Å². The second kappa shape index (κ2) is 4.11. The van der Waals surface area contributed by atoms with Gasteiger partial charge in [-0.2, -0.15) is 5.26 Å². The minimum atomic E-state index is -0.108. The number of ketones is 1. The van der Waals surface area contributed by atoms with Crippen molar-refractivity contribution in [1.29, 1.82) is 5.26 Å². The van der Waals surface area contributed by atoms with Crippen LogP contribution in [-0.4, -0.2) is 5.78 Å². The Bertz CT molecular complexity index is 472. The molecular weight excluding hydrogens is 176 g/mol. The van der Waals surface area contributed by atoms with E-state index in [4.69, 9.17) is 11.0 Å². The maximum absolute atomic E-state index is 11.1. The van der Waals surface area contributed by atoms with E-state index < -0.39 is 0 Å². The summed E-state index contributed by atoms with van der Waals surface area (Å²) in [6, 6.07) is 6.57. The number of nitrogens with zero attached hydrogens (tertiary/aromatic N) is 1. The zero-order valence-corrected chi connectivity index (χ0v) is 7.66. The first-order chi connectivity index (χ1) is 6.65. The predicted octanol–water partition coefficient (Wildman–Crippen LogP) is 1.35. The molecule has 3 heteroatoms. The summed E-state index contributed by atoms with van der Waals surface area (Å²) >= 11 is 0. The maximum atomic E-state index is 11.1. The van der Waals surface area contributed by atoms with Crippen LogP contribution in [0.5, 0.6) is 0 Å². The normalized spacial score (nSPS) is 8.29. The third kappa shape index (κ3) is 2.12. The number of nitrogen functional groups attached to an aromatic ring is 1. The molecule has 0 amide bonds. The summed E-state index contributed by atoms with van der Waals surface area (Å²) in [5.74, 6) is 4.74. The Morgan fingerprint density at radius 1 is 1.50 bits per heavy atom. The SMILES string of the molecule is CC(=O)c1cc(C#CC#N)ccc1N. The number of nitrogens with two attached hydrogens (primary N) is 1.